The standard InChI is InChI=1S/C17H32N2O3P/c1-13(14-9-11-18(8)12-10-14)22-19(17(5,6)7)15(23(20)21)16(2,3)4/h9-13,15,20-21H,1-8H3/q+1. The van der Waals surface area contributed by atoms with Crippen LogP contribution in [0.2, 0.25) is 0 Å². The van der Waals surface area contributed by atoms with Crippen LogP contribution in [-0.2, 0) is 11.9 Å². The van der Waals surface area contributed by atoms with Crippen LogP contribution in [0.4, 0.5) is 0 Å². The van der Waals surface area contributed by atoms with Gasteiger partial charge in [-0.05, 0) is 38.7 Å². The molecule has 0 aliphatic rings. The molecule has 132 valence electrons. The maximum Gasteiger partial charge on any atom is 0.186 e. The third-order valence-electron chi connectivity index (χ3n) is 3.62. The van der Waals surface area contributed by atoms with Gasteiger partial charge in [0.2, 0.25) is 0 Å². The van der Waals surface area contributed by atoms with Crippen LogP contribution in [0.1, 0.15) is 60.1 Å². The van der Waals surface area contributed by atoms with Crippen molar-refractivity contribution in [2.24, 2.45) is 12.5 Å². The summed E-state index contributed by atoms with van der Waals surface area (Å²) in [6, 6.07) is 4.02. The van der Waals surface area contributed by atoms with E-state index in [0.717, 1.165) is 5.56 Å². The normalized spacial score (nSPS) is 16.0. The van der Waals surface area contributed by atoms with Crippen LogP contribution in [0, 0.1) is 5.41 Å². The topological polar surface area (TPSA) is 56.8 Å². The molecular weight excluding hydrogens is 311 g/mol. The second-order valence-electron chi connectivity index (χ2n) is 8.10. The lowest BCUT2D eigenvalue weighted by Gasteiger charge is -2.46. The van der Waals surface area contributed by atoms with Gasteiger partial charge in [0.15, 0.2) is 20.8 Å². The molecule has 5 nitrogen and oxygen atoms in total. The molecule has 23 heavy (non-hydrogen) atoms. The van der Waals surface area contributed by atoms with Crippen molar-refractivity contribution in [3.63, 3.8) is 0 Å². The predicted octanol–water partition coefficient (Wildman–Crippen LogP) is 3.27. The number of rotatable bonds is 5. The first-order chi connectivity index (χ1) is 10.3. The van der Waals surface area contributed by atoms with E-state index in [2.05, 4.69) is 0 Å². The molecule has 6 heteroatoms. The average molecular weight is 343 g/mol. The zero-order chi connectivity index (χ0) is 18.0. The van der Waals surface area contributed by atoms with Crippen molar-refractivity contribution in [1.82, 2.24) is 5.06 Å². The lowest BCUT2D eigenvalue weighted by molar-refractivity contribution is -0.671. The molecule has 0 bridgehead atoms. The molecule has 1 aromatic heterocycles. The van der Waals surface area contributed by atoms with Gasteiger partial charge in [0.05, 0.1) is 0 Å². The predicted molar refractivity (Wildman–Crippen MR) is 93.3 cm³/mol. The van der Waals surface area contributed by atoms with Gasteiger partial charge in [-0.15, -0.1) is 0 Å². The van der Waals surface area contributed by atoms with E-state index < -0.39 is 14.2 Å². The van der Waals surface area contributed by atoms with Gasteiger partial charge < -0.3 is 9.79 Å². The van der Waals surface area contributed by atoms with Crippen LogP contribution in [0.5, 0.6) is 0 Å². The van der Waals surface area contributed by atoms with Gasteiger partial charge in [-0.2, -0.15) is 5.06 Å². The summed E-state index contributed by atoms with van der Waals surface area (Å²) in [6.07, 6.45) is 3.77. The molecule has 0 fully saturated rings. The fourth-order valence-corrected chi connectivity index (χ4v) is 3.67. The van der Waals surface area contributed by atoms with Gasteiger partial charge >= 0.3 is 0 Å². The molecular formula is C17H32N2O3P+. The van der Waals surface area contributed by atoms with Gasteiger partial charge in [0, 0.05) is 17.7 Å². The first-order valence-corrected chi connectivity index (χ1v) is 9.24. The van der Waals surface area contributed by atoms with Crippen molar-refractivity contribution < 1.29 is 19.2 Å². The number of hydrogen-bond acceptors (Lipinski definition) is 4. The molecule has 1 rings (SSSR count). The number of aryl methyl sites for hydroxylation is 1. The number of hydrogen-bond donors (Lipinski definition) is 2. The van der Waals surface area contributed by atoms with Gasteiger partial charge in [-0.25, -0.2) is 4.57 Å². The summed E-state index contributed by atoms with van der Waals surface area (Å²) < 4.78 is 1.97. The summed E-state index contributed by atoms with van der Waals surface area (Å²) >= 11 is 0. The molecule has 0 amide bonds. The van der Waals surface area contributed by atoms with E-state index in [4.69, 9.17) is 4.84 Å². The molecule has 0 saturated heterocycles. The summed E-state index contributed by atoms with van der Waals surface area (Å²) in [6.45, 7) is 14.0. The van der Waals surface area contributed by atoms with Crippen LogP contribution in [-0.4, -0.2) is 26.2 Å². The summed E-state index contributed by atoms with van der Waals surface area (Å²) in [5.41, 5.74) is 0.355. The van der Waals surface area contributed by atoms with Crippen molar-refractivity contribution in [3.8, 4) is 0 Å². The summed E-state index contributed by atoms with van der Waals surface area (Å²) in [5, 5.41) is 1.76. The van der Waals surface area contributed by atoms with Crippen molar-refractivity contribution in [2.75, 3.05) is 0 Å². The molecule has 0 radical (unpaired) electrons. The Morgan fingerprint density at radius 1 is 1.09 bits per heavy atom. The zero-order valence-electron chi connectivity index (χ0n) is 15.6. The van der Waals surface area contributed by atoms with Crippen molar-refractivity contribution >= 4 is 8.38 Å². The van der Waals surface area contributed by atoms with Gasteiger partial charge in [-0.1, -0.05) is 20.8 Å². The summed E-state index contributed by atoms with van der Waals surface area (Å²) in [5.74, 6) is -0.486. The molecule has 2 unspecified atom stereocenters. The maximum absolute atomic E-state index is 10.00. The van der Waals surface area contributed by atoms with Gasteiger partial charge in [0.1, 0.15) is 18.9 Å². The Labute approximate surface area is 141 Å². The minimum atomic E-state index is -2.16. The molecule has 0 aromatic carbocycles. The Bertz CT molecular complexity index is 492. The van der Waals surface area contributed by atoms with Crippen LogP contribution in [0.15, 0.2) is 24.5 Å². The van der Waals surface area contributed by atoms with Crippen molar-refractivity contribution in [3.05, 3.63) is 30.1 Å². The second-order valence-corrected chi connectivity index (χ2v) is 9.23. The van der Waals surface area contributed by atoms with Crippen molar-refractivity contribution in [2.45, 2.75) is 65.9 Å². The maximum atomic E-state index is 10.00. The van der Waals surface area contributed by atoms with Gasteiger partial charge in [0.25, 0.3) is 0 Å². The quantitative estimate of drug-likeness (QED) is 0.489. The number of nitrogens with zero attached hydrogens (tertiary/aromatic N) is 2. The number of hydroxylamine groups is 2. The highest BCUT2D eigenvalue weighted by Crippen LogP contribution is 2.47. The highest BCUT2D eigenvalue weighted by Gasteiger charge is 2.43. The van der Waals surface area contributed by atoms with Crippen LogP contribution < -0.4 is 4.57 Å². The molecule has 0 spiro atoms. The van der Waals surface area contributed by atoms with Crippen LogP contribution in [0.25, 0.3) is 0 Å². The Morgan fingerprint density at radius 3 is 1.91 bits per heavy atom. The first-order valence-electron chi connectivity index (χ1n) is 7.92. The molecule has 1 aromatic rings. The second kappa shape index (κ2) is 7.54. The number of aromatic nitrogens is 1. The molecule has 2 atom stereocenters. The third kappa shape index (κ3) is 5.77. The van der Waals surface area contributed by atoms with Gasteiger partial charge in [-0.3, -0.25) is 4.84 Å². The molecule has 0 aliphatic heterocycles. The lowest BCUT2D eigenvalue weighted by atomic mass is 9.94. The molecule has 0 aliphatic carbocycles. The largest absolute Gasteiger partial charge is 0.349 e. The average Bonchev–Trinajstić information content (AvgIpc) is 2.35. The van der Waals surface area contributed by atoms with E-state index in [1.165, 1.54) is 0 Å². The minimum Gasteiger partial charge on any atom is -0.349 e. The first kappa shape index (κ1) is 20.5. The monoisotopic (exact) mass is 343 g/mol. The zero-order valence-corrected chi connectivity index (χ0v) is 16.5. The fourth-order valence-electron chi connectivity index (χ4n) is 2.39. The van der Waals surface area contributed by atoms with Crippen molar-refractivity contribution in [1.29, 1.82) is 0 Å². The SMILES string of the molecule is CC(ON(C(P(O)O)C(C)(C)C)C(C)(C)C)c1cc[n+](C)cc1. The van der Waals surface area contributed by atoms with Crippen LogP contribution >= 0.6 is 8.38 Å². The summed E-state index contributed by atoms with van der Waals surface area (Å²) in [4.78, 5) is 26.2. The minimum absolute atomic E-state index is 0.185. The fraction of sp³-hybridized carbons (Fsp3) is 0.706. The van der Waals surface area contributed by atoms with E-state index in [-0.39, 0.29) is 17.1 Å². The third-order valence-corrected chi connectivity index (χ3v) is 5.04. The van der Waals surface area contributed by atoms with E-state index in [0.29, 0.717) is 0 Å². The highest BCUT2D eigenvalue weighted by molar-refractivity contribution is 7.45. The number of pyridine rings is 1. The summed E-state index contributed by atoms with van der Waals surface area (Å²) in [7, 11) is -0.194. The smallest absolute Gasteiger partial charge is 0.186 e. The molecule has 1 heterocycles. The Kier molecular flexibility index (Phi) is 6.71. The Balaban J connectivity index is 3.10. The highest BCUT2D eigenvalue weighted by atomic mass is 31.2. The van der Waals surface area contributed by atoms with E-state index >= 15 is 0 Å². The van der Waals surface area contributed by atoms with E-state index in [9.17, 15) is 9.79 Å². The van der Waals surface area contributed by atoms with Crippen LogP contribution in [0.3, 0.4) is 0 Å². The molecule has 2 N–H and O–H groups in total. The Morgan fingerprint density at radius 2 is 1.57 bits per heavy atom. The van der Waals surface area contributed by atoms with E-state index in [1.54, 1.807) is 5.06 Å². The Hall–Kier alpha value is -0.580. The van der Waals surface area contributed by atoms with E-state index in [1.807, 2.05) is 84.6 Å². The lowest BCUT2D eigenvalue weighted by Crippen LogP contribution is -2.52. The molecule has 0 saturated carbocycles.